The average molecular weight is 235 g/mol. The molecule has 3 atom stereocenters. The number of hydrogen-bond acceptors (Lipinski definition) is 6. The number of esters is 1. The molecule has 92 valence electrons. The van der Waals surface area contributed by atoms with E-state index in [2.05, 4.69) is 0 Å². The first kappa shape index (κ1) is 13.1. The summed E-state index contributed by atoms with van der Waals surface area (Å²) < 4.78 is 14.7. The SMILES string of the molecule is CCO[13C](=O)/[13CH]=C1/[C@@H](O)[C@@H](O)CO[13C@@H]1OC. The summed E-state index contributed by atoms with van der Waals surface area (Å²) in [7, 11) is 1.38. The Morgan fingerprint density at radius 1 is 1.62 bits per heavy atom. The molecule has 6 nitrogen and oxygen atoms in total. The summed E-state index contributed by atoms with van der Waals surface area (Å²) in [5.74, 6) is -0.601. The average Bonchev–Trinajstić information content (AvgIpc) is 2.25. The Kier molecular flexibility index (Phi) is 4.88. The fourth-order valence-electron chi connectivity index (χ4n) is 1.41. The molecule has 16 heavy (non-hydrogen) atoms. The van der Waals surface area contributed by atoms with Gasteiger partial charge in [0.2, 0.25) is 0 Å². The standard InChI is InChI=1S/C10H16O6/c1-3-15-8(12)4-6-9(13)7(11)5-16-10(6)14-2/h4,7,9-11,13H,3,5H2,1-2H3/b6-4-/t7-,9+,10-/m0/s1/i4+1,8+1,10+1. The van der Waals surface area contributed by atoms with Crippen molar-refractivity contribution in [1.82, 2.24) is 0 Å². The molecule has 1 saturated heterocycles. The van der Waals surface area contributed by atoms with E-state index in [9.17, 15) is 15.0 Å². The van der Waals surface area contributed by atoms with E-state index in [0.29, 0.717) is 0 Å². The molecule has 0 aromatic rings. The second-order valence-corrected chi connectivity index (χ2v) is 3.31. The molecule has 1 fully saturated rings. The normalized spacial score (nSPS) is 32.8. The minimum Gasteiger partial charge on any atom is -0.463 e. The zero-order chi connectivity index (χ0) is 12.1. The summed E-state index contributed by atoms with van der Waals surface area (Å²) in [4.78, 5) is 11.2. The highest BCUT2D eigenvalue weighted by molar-refractivity contribution is 5.83. The van der Waals surface area contributed by atoms with Gasteiger partial charge >= 0.3 is 5.97 Å². The van der Waals surface area contributed by atoms with Crippen LogP contribution in [0.4, 0.5) is 0 Å². The molecular formula is C10H16O6. The Morgan fingerprint density at radius 2 is 2.31 bits per heavy atom. The maximum atomic E-state index is 11.2. The third kappa shape index (κ3) is 3.02. The van der Waals surface area contributed by atoms with Crippen LogP contribution < -0.4 is 0 Å². The maximum Gasteiger partial charge on any atom is 0.330 e. The smallest absolute Gasteiger partial charge is 0.330 e. The number of hydrogen-bond donors (Lipinski definition) is 2. The van der Waals surface area contributed by atoms with Gasteiger partial charge in [0, 0.05) is 18.8 Å². The van der Waals surface area contributed by atoms with E-state index in [1.54, 1.807) is 6.92 Å². The fourth-order valence-corrected chi connectivity index (χ4v) is 1.41. The van der Waals surface area contributed by atoms with Gasteiger partial charge in [0.05, 0.1) is 13.2 Å². The summed E-state index contributed by atoms with van der Waals surface area (Å²) in [6.07, 6.45) is -1.98. The zero-order valence-electron chi connectivity index (χ0n) is 9.25. The largest absolute Gasteiger partial charge is 0.463 e. The van der Waals surface area contributed by atoms with Crippen molar-refractivity contribution >= 4 is 5.97 Å². The third-order valence-electron chi connectivity index (χ3n) is 2.18. The summed E-state index contributed by atoms with van der Waals surface area (Å²) in [6, 6.07) is 0. The van der Waals surface area contributed by atoms with Crippen LogP contribution in [0.1, 0.15) is 6.92 Å². The Balaban J connectivity index is 2.81. The number of carbonyl (C=O) groups is 1. The first-order chi connectivity index (χ1) is 7.60. The molecule has 0 bridgehead atoms. The summed E-state index contributed by atoms with van der Waals surface area (Å²) in [5, 5.41) is 19.1. The van der Waals surface area contributed by atoms with Crippen molar-refractivity contribution in [3.05, 3.63) is 11.6 Å². The van der Waals surface area contributed by atoms with Crippen molar-refractivity contribution < 1.29 is 29.2 Å². The second-order valence-electron chi connectivity index (χ2n) is 3.31. The van der Waals surface area contributed by atoms with Gasteiger partial charge in [-0.25, -0.2) is 4.79 Å². The van der Waals surface area contributed by atoms with Gasteiger partial charge < -0.3 is 24.4 Å². The van der Waals surface area contributed by atoms with E-state index >= 15 is 0 Å². The molecule has 0 aromatic heterocycles. The van der Waals surface area contributed by atoms with Gasteiger partial charge in [-0.1, -0.05) is 0 Å². The van der Waals surface area contributed by atoms with Crippen molar-refractivity contribution in [2.75, 3.05) is 20.3 Å². The molecule has 1 rings (SSSR count). The van der Waals surface area contributed by atoms with Crippen LogP contribution in [0.25, 0.3) is 0 Å². The number of methoxy groups -OCH3 is 1. The molecule has 0 aromatic carbocycles. The predicted octanol–water partition coefficient (Wildman–Crippen LogP) is -0.800. The van der Waals surface area contributed by atoms with Crippen molar-refractivity contribution in [2.45, 2.75) is 25.4 Å². The highest BCUT2D eigenvalue weighted by Gasteiger charge is 2.34. The van der Waals surface area contributed by atoms with E-state index in [4.69, 9.17) is 14.2 Å². The zero-order valence-corrected chi connectivity index (χ0v) is 9.25. The number of carbonyl (C=O) groups excluding carboxylic acids is 1. The quantitative estimate of drug-likeness (QED) is 0.378. The number of ether oxygens (including phenoxy) is 3. The summed E-state index contributed by atoms with van der Waals surface area (Å²) in [6.45, 7) is 1.87. The highest BCUT2D eigenvalue weighted by Crippen LogP contribution is 2.21. The van der Waals surface area contributed by atoms with Crippen molar-refractivity contribution in [3.8, 4) is 0 Å². The van der Waals surface area contributed by atoms with Crippen LogP contribution >= 0.6 is 0 Å². The second kappa shape index (κ2) is 5.95. The van der Waals surface area contributed by atoms with Crippen molar-refractivity contribution in [3.63, 3.8) is 0 Å². The molecule has 6 heteroatoms. The van der Waals surface area contributed by atoms with Crippen LogP contribution in [0, 0.1) is 0 Å². The molecule has 0 spiro atoms. The highest BCUT2D eigenvalue weighted by atomic mass is 16.8. The maximum absolute atomic E-state index is 11.2. The lowest BCUT2D eigenvalue weighted by Crippen LogP contribution is -2.44. The Morgan fingerprint density at radius 3 is 2.88 bits per heavy atom. The first-order valence-corrected chi connectivity index (χ1v) is 4.99. The lowest BCUT2D eigenvalue weighted by Gasteiger charge is -2.32. The van der Waals surface area contributed by atoms with Gasteiger partial charge in [-0.05, 0) is 6.92 Å². The molecule has 0 amide bonds. The summed E-state index contributed by atoms with van der Waals surface area (Å²) in [5.41, 5.74) is 0.166. The topological polar surface area (TPSA) is 85.2 Å². The van der Waals surface area contributed by atoms with E-state index in [1.165, 1.54) is 7.11 Å². The van der Waals surface area contributed by atoms with Gasteiger partial charge in [0.25, 0.3) is 0 Å². The van der Waals surface area contributed by atoms with Gasteiger partial charge in [0.15, 0.2) is 6.29 Å². The van der Waals surface area contributed by atoms with E-state index in [0.717, 1.165) is 6.08 Å². The lowest BCUT2D eigenvalue weighted by atomic mass is 10.1. The predicted molar refractivity (Wildman–Crippen MR) is 53.5 cm³/mol. The van der Waals surface area contributed by atoms with E-state index < -0.39 is 24.5 Å². The van der Waals surface area contributed by atoms with Gasteiger partial charge in [-0.2, -0.15) is 0 Å². The van der Waals surface area contributed by atoms with Crippen LogP contribution in [-0.2, 0) is 19.0 Å². The first-order valence-electron chi connectivity index (χ1n) is 4.99. The van der Waals surface area contributed by atoms with E-state index in [-0.39, 0.29) is 18.8 Å². The molecule has 0 aliphatic carbocycles. The molecule has 1 aliphatic heterocycles. The van der Waals surface area contributed by atoms with Crippen LogP contribution in [0.2, 0.25) is 0 Å². The lowest BCUT2D eigenvalue weighted by molar-refractivity contribution is -0.170. The Labute approximate surface area is 93.4 Å². The molecule has 0 saturated carbocycles. The molecule has 1 aliphatic rings. The number of aliphatic hydroxyl groups excluding tert-OH is 2. The Hall–Kier alpha value is -0.950. The van der Waals surface area contributed by atoms with Crippen molar-refractivity contribution in [2.24, 2.45) is 0 Å². The molecular weight excluding hydrogens is 219 g/mol. The van der Waals surface area contributed by atoms with Gasteiger partial charge in [-0.15, -0.1) is 0 Å². The van der Waals surface area contributed by atoms with E-state index in [1.807, 2.05) is 0 Å². The summed E-state index contributed by atoms with van der Waals surface area (Å²) >= 11 is 0. The fraction of sp³-hybridized carbons (Fsp3) is 0.700. The number of rotatable bonds is 3. The monoisotopic (exact) mass is 235 g/mol. The minimum absolute atomic E-state index is 0.0418. The molecule has 1 heterocycles. The number of aliphatic hydroxyl groups is 2. The van der Waals surface area contributed by atoms with Crippen LogP contribution in [0.3, 0.4) is 0 Å². The van der Waals surface area contributed by atoms with Gasteiger partial charge in [-0.3, -0.25) is 0 Å². The van der Waals surface area contributed by atoms with Gasteiger partial charge in [0.1, 0.15) is 12.2 Å². The van der Waals surface area contributed by atoms with Crippen LogP contribution in [0.15, 0.2) is 11.6 Å². The van der Waals surface area contributed by atoms with Crippen LogP contribution in [0.5, 0.6) is 0 Å². The Bertz CT molecular complexity index is 270. The molecule has 0 radical (unpaired) electrons. The van der Waals surface area contributed by atoms with Crippen molar-refractivity contribution in [1.29, 1.82) is 0 Å². The molecule has 0 unspecified atom stereocenters. The molecule has 2 N–H and O–H groups in total. The van der Waals surface area contributed by atoms with Crippen LogP contribution in [-0.4, -0.2) is 55.0 Å². The third-order valence-corrected chi connectivity index (χ3v) is 2.18. The minimum atomic E-state index is -1.18.